The first kappa shape index (κ1) is 21.7. The van der Waals surface area contributed by atoms with Crippen LogP contribution in [0.3, 0.4) is 0 Å². The molecule has 0 radical (unpaired) electrons. The fraction of sp³-hybridized carbons (Fsp3) is 0.263. The third-order valence-corrected chi connectivity index (χ3v) is 4.22. The van der Waals surface area contributed by atoms with Crippen molar-refractivity contribution < 1.29 is 19.1 Å². The van der Waals surface area contributed by atoms with Gasteiger partial charge in [0, 0.05) is 6.20 Å². The predicted molar refractivity (Wildman–Crippen MR) is 106 cm³/mol. The van der Waals surface area contributed by atoms with Crippen molar-refractivity contribution in [3.8, 4) is 0 Å². The van der Waals surface area contributed by atoms with E-state index in [0.717, 1.165) is 0 Å². The Morgan fingerprint density at radius 2 is 1.82 bits per heavy atom. The van der Waals surface area contributed by atoms with Gasteiger partial charge in [0.05, 0.1) is 15.6 Å². The average molecular weight is 424 g/mol. The molecule has 0 fully saturated rings. The Bertz CT molecular complexity index is 857. The molecule has 0 aliphatic rings. The fourth-order valence-electron chi connectivity index (χ4n) is 2.22. The first-order chi connectivity index (χ1) is 13.3. The van der Waals surface area contributed by atoms with Crippen molar-refractivity contribution in [2.45, 2.75) is 19.9 Å². The van der Waals surface area contributed by atoms with Gasteiger partial charge in [0.15, 0.2) is 6.61 Å². The van der Waals surface area contributed by atoms with Crippen molar-refractivity contribution in [1.29, 1.82) is 0 Å². The second-order valence-electron chi connectivity index (χ2n) is 6.19. The quantitative estimate of drug-likeness (QED) is 0.665. The van der Waals surface area contributed by atoms with Crippen LogP contribution in [0.25, 0.3) is 0 Å². The van der Waals surface area contributed by atoms with Crippen LogP contribution >= 0.6 is 23.2 Å². The number of amides is 2. The van der Waals surface area contributed by atoms with E-state index in [9.17, 15) is 14.4 Å². The summed E-state index contributed by atoms with van der Waals surface area (Å²) in [7, 11) is 0. The maximum absolute atomic E-state index is 12.4. The van der Waals surface area contributed by atoms with Crippen LogP contribution in [-0.4, -0.2) is 35.4 Å². The molecule has 7 nitrogen and oxygen atoms in total. The van der Waals surface area contributed by atoms with E-state index in [1.165, 1.54) is 12.3 Å². The summed E-state index contributed by atoms with van der Waals surface area (Å²) in [6.07, 6.45) is 1.38. The van der Waals surface area contributed by atoms with Gasteiger partial charge in [-0.25, -0.2) is 9.78 Å². The summed E-state index contributed by atoms with van der Waals surface area (Å²) in [6.45, 7) is 2.97. The number of esters is 1. The molecule has 148 valence electrons. The topological polar surface area (TPSA) is 97.4 Å². The summed E-state index contributed by atoms with van der Waals surface area (Å²) in [5.74, 6) is -1.79. The van der Waals surface area contributed by atoms with Crippen LogP contribution in [-0.2, 0) is 14.3 Å². The van der Waals surface area contributed by atoms with Gasteiger partial charge in [0.2, 0.25) is 0 Å². The normalized spacial score (nSPS) is 11.6. The summed E-state index contributed by atoms with van der Waals surface area (Å²) >= 11 is 11.7. The molecule has 0 aliphatic carbocycles. The van der Waals surface area contributed by atoms with Crippen molar-refractivity contribution >= 4 is 46.8 Å². The van der Waals surface area contributed by atoms with Crippen LogP contribution in [0.1, 0.15) is 24.2 Å². The highest BCUT2D eigenvalue weighted by Crippen LogP contribution is 2.16. The van der Waals surface area contributed by atoms with E-state index in [4.69, 9.17) is 27.9 Å². The minimum absolute atomic E-state index is 0.245. The average Bonchev–Trinajstić information content (AvgIpc) is 2.66. The smallest absolute Gasteiger partial charge is 0.329 e. The van der Waals surface area contributed by atoms with Crippen LogP contribution in [0.15, 0.2) is 42.6 Å². The summed E-state index contributed by atoms with van der Waals surface area (Å²) < 4.78 is 5.04. The van der Waals surface area contributed by atoms with E-state index >= 15 is 0 Å². The lowest BCUT2D eigenvalue weighted by atomic mass is 10.0. The molecule has 2 amide bonds. The van der Waals surface area contributed by atoms with Crippen molar-refractivity contribution in [3.63, 3.8) is 0 Å². The van der Waals surface area contributed by atoms with Crippen LogP contribution in [0.5, 0.6) is 0 Å². The molecule has 0 unspecified atom stereocenters. The SMILES string of the molecule is CC(C)[C@@H](NC(=O)c1ccccc1Cl)C(=O)OCC(=O)Nc1ccc(Cl)cn1. The number of nitrogens with one attached hydrogen (secondary N) is 2. The highest BCUT2D eigenvalue weighted by Gasteiger charge is 2.27. The van der Waals surface area contributed by atoms with E-state index in [1.807, 2.05) is 0 Å². The van der Waals surface area contributed by atoms with Crippen molar-refractivity contribution in [2.75, 3.05) is 11.9 Å². The Morgan fingerprint density at radius 3 is 2.43 bits per heavy atom. The molecular formula is C19H19Cl2N3O4. The number of nitrogens with zero attached hydrogens (tertiary/aromatic N) is 1. The van der Waals surface area contributed by atoms with E-state index < -0.39 is 30.4 Å². The van der Waals surface area contributed by atoms with Gasteiger partial charge in [-0.3, -0.25) is 9.59 Å². The second kappa shape index (κ2) is 10.1. The second-order valence-corrected chi connectivity index (χ2v) is 7.04. The Morgan fingerprint density at radius 1 is 1.11 bits per heavy atom. The molecule has 0 bridgehead atoms. The maximum Gasteiger partial charge on any atom is 0.329 e. The number of anilines is 1. The van der Waals surface area contributed by atoms with E-state index in [-0.39, 0.29) is 22.3 Å². The van der Waals surface area contributed by atoms with E-state index in [0.29, 0.717) is 5.02 Å². The number of halogens is 2. The molecule has 28 heavy (non-hydrogen) atoms. The molecule has 2 N–H and O–H groups in total. The minimum atomic E-state index is -0.940. The highest BCUT2D eigenvalue weighted by atomic mass is 35.5. The number of rotatable bonds is 7. The van der Waals surface area contributed by atoms with Gasteiger partial charge in [-0.1, -0.05) is 49.2 Å². The molecule has 2 rings (SSSR count). The first-order valence-corrected chi connectivity index (χ1v) is 9.17. The molecule has 1 atom stereocenters. The van der Waals surface area contributed by atoms with Gasteiger partial charge in [-0.15, -0.1) is 0 Å². The Labute approximate surface area is 172 Å². The Balaban J connectivity index is 1.93. The zero-order valence-corrected chi connectivity index (χ0v) is 16.8. The van der Waals surface area contributed by atoms with Crippen molar-refractivity contribution in [3.05, 3.63) is 58.2 Å². The molecular weight excluding hydrogens is 405 g/mol. The van der Waals surface area contributed by atoms with Gasteiger partial charge in [-0.2, -0.15) is 0 Å². The predicted octanol–water partition coefficient (Wildman–Crippen LogP) is 3.32. The van der Waals surface area contributed by atoms with E-state index in [1.54, 1.807) is 44.2 Å². The van der Waals surface area contributed by atoms with Gasteiger partial charge in [-0.05, 0) is 30.2 Å². The standard InChI is InChI=1S/C19H19Cl2N3O4/c1-11(2)17(24-18(26)13-5-3-4-6-14(13)21)19(27)28-10-16(25)23-15-8-7-12(20)9-22-15/h3-9,11,17H,10H2,1-2H3,(H,24,26)(H,22,23,25)/t17-/m1/s1. The lowest BCUT2D eigenvalue weighted by Crippen LogP contribution is -2.46. The zero-order valence-electron chi connectivity index (χ0n) is 15.2. The molecule has 1 heterocycles. The monoisotopic (exact) mass is 423 g/mol. The van der Waals surface area contributed by atoms with Crippen molar-refractivity contribution in [2.24, 2.45) is 5.92 Å². The molecule has 9 heteroatoms. The summed E-state index contributed by atoms with van der Waals surface area (Å²) in [6, 6.07) is 8.63. The van der Waals surface area contributed by atoms with Gasteiger partial charge >= 0.3 is 5.97 Å². The Kier molecular flexibility index (Phi) is 7.78. The number of ether oxygens (including phenoxy) is 1. The van der Waals surface area contributed by atoms with Crippen LogP contribution < -0.4 is 10.6 Å². The largest absolute Gasteiger partial charge is 0.454 e. The van der Waals surface area contributed by atoms with Crippen LogP contribution in [0.2, 0.25) is 10.0 Å². The molecule has 0 spiro atoms. The number of pyridine rings is 1. The molecule has 0 aliphatic heterocycles. The van der Waals surface area contributed by atoms with Crippen LogP contribution in [0.4, 0.5) is 5.82 Å². The summed E-state index contributed by atoms with van der Waals surface area (Å²) in [5, 5.41) is 5.77. The summed E-state index contributed by atoms with van der Waals surface area (Å²) in [5.41, 5.74) is 0.245. The molecule has 1 aromatic heterocycles. The van der Waals surface area contributed by atoms with Gasteiger partial charge in [0.1, 0.15) is 11.9 Å². The molecule has 0 saturated heterocycles. The fourth-order valence-corrected chi connectivity index (χ4v) is 2.55. The summed E-state index contributed by atoms with van der Waals surface area (Å²) in [4.78, 5) is 40.6. The van der Waals surface area contributed by atoms with E-state index in [2.05, 4.69) is 15.6 Å². The molecule has 0 saturated carbocycles. The zero-order chi connectivity index (χ0) is 20.7. The third kappa shape index (κ3) is 6.21. The lowest BCUT2D eigenvalue weighted by molar-refractivity contribution is -0.150. The lowest BCUT2D eigenvalue weighted by Gasteiger charge is -2.21. The number of carbonyl (C=O) groups excluding carboxylic acids is 3. The number of aromatic nitrogens is 1. The van der Waals surface area contributed by atoms with Gasteiger partial charge in [0.25, 0.3) is 11.8 Å². The number of hydrogen-bond donors (Lipinski definition) is 2. The van der Waals surface area contributed by atoms with Crippen molar-refractivity contribution in [1.82, 2.24) is 10.3 Å². The Hall–Kier alpha value is -2.64. The van der Waals surface area contributed by atoms with Crippen LogP contribution in [0, 0.1) is 5.92 Å². The maximum atomic E-state index is 12.4. The molecule has 2 aromatic rings. The highest BCUT2D eigenvalue weighted by molar-refractivity contribution is 6.33. The first-order valence-electron chi connectivity index (χ1n) is 8.41. The third-order valence-electron chi connectivity index (χ3n) is 3.67. The number of hydrogen-bond acceptors (Lipinski definition) is 5. The number of benzene rings is 1. The van der Waals surface area contributed by atoms with Gasteiger partial charge < -0.3 is 15.4 Å². The molecule has 1 aromatic carbocycles. The minimum Gasteiger partial charge on any atom is -0.454 e. The number of carbonyl (C=O) groups is 3.